The van der Waals surface area contributed by atoms with Crippen LogP contribution >= 0.6 is 74.6 Å². The summed E-state index contributed by atoms with van der Waals surface area (Å²) in [6.45, 7) is 0. The van der Waals surface area contributed by atoms with Gasteiger partial charge >= 0.3 is 0 Å². The Hall–Kier alpha value is 0.360. The van der Waals surface area contributed by atoms with Crippen LogP contribution < -0.4 is 0 Å². The number of hydrogen-bond acceptors (Lipinski definition) is 8. The minimum atomic E-state index is -4.79. The van der Waals surface area contributed by atoms with E-state index in [2.05, 4.69) is 31.9 Å². The Morgan fingerprint density at radius 2 is 0.633 bits per heavy atom. The molecule has 2 aromatic carbocycles. The van der Waals surface area contributed by atoms with E-state index in [0.29, 0.717) is 0 Å². The summed E-state index contributed by atoms with van der Waals surface area (Å²) in [4.78, 5) is -3.88. The van der Waals surface area contributed by atoms with Gasteiger partial charge in [-0.05, 0) is 24.3 Å². The van der Waals surface area contributed by atoms with E-state index in [4.69, 9.17) is 42.7 Å². The highest BCUT2D eigenvalue weighted by Crippen LogP contribution is 2.46. The van der Waals surface area contributed by atoms with Crippen LogP contribution in [0.25, 0.3) is 11.1 Å². The maximum Gasteiger partial charge on any atom is 0.262 e. The van der Waals surface area contributed by atoms with E-state index in [1.807, 2.05) is 0 Å². The molecule has 0 radical (unpaired) electrons. The smallest absolute Gasteiger partial charge is 0.207 e. The van der Waals surface area contributed by atoms with Crippen molar-refractivity contribution in [2.45, 2.75) is 19.6 Å². The molecular formula is C12H4Br2Cl4O8S4. The first-order valence-corrected chi connectivity index (χ1v) is 17.5. The average Bonchev–Trinajstić information content (AvgIpc) is 2.50. The van der Waals surface area contributed by atoms with Crippen LogP contribution in [0.1, 0.15) is 0 Å². The molecule has 0 aliphatic carbocycles. The molecule has 0 aromatic heterocycles. The van der Waals surface area contributed by atoms with Crippen LogP contribution in [0, 0.1) is 0 Å². The summed E-state index contributed by atoms with van der Waals surface area (Å²) >= 11 is 5.78. The highest BCUT2D eigenvalue weighted by molar-refractivity contribution is 9.10. The monoisotopic (exact) mass is 702 g/mol. The van der Waals surface area contributed by atoms with E-state index in [-0.39, 0.29) is 8.95 Å². The Labute approximate surface area is 206 Å². The number of halogens is 6. The number of rotatable bonds is 5. The SMILES string of the molecule is O=S(=O)(Cl)c1cc(Br)cc(S(=O)(=O)Cl)c1-c1c(S(=O)(=O)Cl)cc(Br)cc1S(=O)(=O)Cl. The quantitative estimate of drug-likeness (QED) is 0.413. The Morgan fingerprint density at radius 3 is 0.767 bits per heavy atom. The van der Waals surface area contributed by atoms with Crippen LogP contribution in [0.4, 0.5) is 0 Å². The lowest BCUT2D eigenvalue weighted by atomic mass is 10.1. The van der Waals surface area contributed by atoms with Crippen LogP contribution in [0.15, 0.2) is 52.8 Å². The summed E-state index contributed by atoms with van der Waals surface area (Å²) in [6, 6.07) is 3.28. The molecule has 0 spiro atoms. The van der Waals surface area contributed by atoms with Gasteiger partial charge in [0.25, 0.3) is 36.2 Å². The topological polar surface area (TPSA) is 137 Å². The fraction of sp³-hybridized carbons (Fsp3) is 0. The fourth-order valence-electron chi connectivity index (χ4n) is 2.38. The molecule has 0 N–H and O–H groups in total. The minimum Gasteiger partial charge on any atom is -0.207 e. The summed E-state index contributed by atoms with van der Waals surface area (Å²) in [6.07, 6.45) is 0. The van der Waals surface area contributed by atoms with Crippen molar-refractivity contribution in [3.05, 3.63) is 33.2 Å². The lowest BCUT2D eigenvalue weighted by Crippen LogP contribution is -2.09. The lowest BCUT2D eigenvalue weighted by molar-refractivity contribution is 0.602. The fourth-order valence-corrected chi connectivity index (χ4v) is 8.38. The highest BCUT2D eigenvalue weighted by atomic mass is 79.9. The van der Waals surface area contributed by atoms with Crippen molar-refractivity contribution in [3.63, 3.8) is 0 Å². The van der Waals surface area contributed by atoms with Gasteiger partial charge in [-0.1, -0.05) is 31.9 Å². The van der Waals surface area contributed by atoms with Crippen molar-refractivity contribution in [1.82, 2.24) is 0 Å². The van der Waals surface area contributed by atoms with Gasteiger partial charge < -0.3 is 0 Å². The number of benzene rings is 2. The van der Waals surface area contributed by atoms with Crippen LogP contribution in [0.2, 0.25) is 0 Å². The number of hydrogen-bond donors (Lipinski definition) is 0. The molecule has 0 saturated heterocycles. The Morgan fingerprint density at radius 1 is 0.467 bits per heavy atom. The lowest BCUT2D eigenvalue weighted by Gasteiger charge is -2.18. The van der Waals surface area contributed by atoms with E-state index in [1.54, 1.807) is 0 Å². The summed E-state index contributed by atoms with van der Waals surface area (Å²) in [5.41, 5.74) is -1.90. The van der Waals surface area contributed by atoms with Crippen molar-refractivity contribution in [3.8, 4) is 11.1 Å². The molecule has 0 unspecified atom stereocenters. The third-order valence-electron chi connectivity index (χ3n) is 3.36. The van der Waals surface area contributed by atoms with Crippen molar-refractivity contribution >= 4 is 111 Å². The molecule has 2 aromatic rings. The van der Waals surface area contributed by atoms with Gasteiger partial charge in [-0.3, -0.25) is 0 Å². The van der Waals surface area contributed by atoms with Gasteiger partial charge in [-0.25, -0.2) is 33.7 Å². The zero-order valence-electron chi connectivity index (χ0n) is 13.5. The largest absolute Gasteiger partial charge is 0.262 e. The molecule has 8 nitrogen and oxygen atoms in total. The van der Waals surface area contributed by atoms with Crippen LogP contribution in [-0.4, -0.2) is 33.7 Å². The molecule has 0 saturated carbocycles. The molecule has 0 heterocycles. The first-order valence-electron chi connectivity index (χ1n) is 6.70. The first-order chi connectivity index (χ1) is 13.2. The third kappa shape index (κ3) is 5.83. The Kier molecular flexibility index (Phi) is 7.64. The normalized spacial score (nSPS) is 13.4. The second kappa shape index (κ2) is 8.61. The van der Waals surface area contributed by atoms with Crippen molar-refractivity contribution < 1.29 is 33.7 Å². The van der Waals surface area contributed by atoms with E-state index in [9.17, 15) is 33.7 Å². The Balaban J connectivity index is 3.45. The van der Waals surface area contributed by atoms with Crippen molar-refractivity contribution in [2.75, 3.05) is 0 Å². The molecule has 0 atom stereocenters. The second-order valence-corrected chi connectivity index (χ2v) is 17.3. The zero-order valence-corrected chi connectivity index (χ0v) is 22.9. The summed E-state index contributed by atoms with van der Waals surface area (Å²) in [5, 5.41) is 0. The molecule has 30 heavy (non-hydrogen) atoms. The molecule has 0 aliphatic rings. The van der Waals surface area contributed by atoms with E-state index in [0.717, 1.165) is 24.3 Å². The minimum absolute atomic E-state index is 0.132. The van der Waals surface area contributed by atoms with Gasteiger partial charge in [0.1, 0.15) is 0 Å². The molecule has 2 rings (SSSR count). The zero-order chi connectivity index (χ0) is 23.4. The van der Waals surface area contributed by atoms with Gasteiger partial charge in [0, 0.05) is 62.8 Å². The molecule has 0 amide bonds. The molecular weight excluding hydrogens is 702 g/mol. The van der Waals surface area contributed by atoms with Crippen LogP contribution in [0.3, 0.4) is 0 Å². The summed E-state index contributed by atoms with van der Waals surface area (Å²) < 4.78 is 97.2. The van der Waals surface area contributed by atoms with Crippen LogP contribution in [0.5, 0.6) is 0 Å². The summed E-state index contributed by atoms with van der Waals surface area (Å²) in [7, 11) is 2.49. The molecule has 0 bridgehead atoms. The van der Waals surface area contributed by atoms with Crippen LogP contribution in [-0.2, 0) is 36.2 Å². The van der Waals surface area contributed by atoms with Gasteiger partial charge in [0.15, 0.2) is 0 Å². The van der Waals surface area contributed by atoms with Gasteiger partial charge in [-0.2, -0.15) is 0 Å². The average molecular weight is 706 g/mol. The van der Waals surface area contributed by atoms with Crippen molar-refractivity contribution in [2.24, 2.45) is 0 Å². The third-order valence-corrected chi connectivity index (χ3v) is 9.66. The van der Waals surface area contributed by atoms with E-state index < -0.39 is 66.9 Å². The van der Waals surface area contributed by atoms with Gasteiger partial charge in [0.2, 0.25) is 0 Å². The summed E-state index contributed by atoms with van der Waals surface area (Å²) in [5.74, 6) is 0. The van der Waals surface area contributed by atoms with Gasteiger partial charge in [-0.15, -0.1) is 0 Å². The van der Waals surface area contributed by atoms with E-state index in [1.165, 1.54) is 0 Å². The predicted octanol–water partition coefficient (Wildman–Crippen LogP) is 4.59. The highest BCUT2D eigenvalue weighted by Gasteiger charge is 2.35. The molecule has 166 valence electrons. The van der Waals surface area contributed by atoms with E-state index >= 15 is 0 Å². The molecule has 18 heteroatoms. The maximum atomic E-state index is 12.2. The second-order valence-electron chi connectivity index (χ2n) is 5.31. The van der Waals surface area contributed by atoms with Gasteiger partial charge in [0.05, 0.1) is 19.6 Å². The predicted molar refractivity (Wildman–Crippen MR) is 119 cm³/mol. The molecule has 0 fully saturated rings. The standard InChI is InChI=1S/C12H4Br2Cl4O8S4/c13-5-1-7(27(15,19)20)11(8(2-5)28(16,21)22)12-9(29(17,23)24)3-6(14)4-10(12)30(18,25)26/h1-4H. The first kappa shape index (κ1) is 26.6. The van der Waals surface area contributed by atoms with Crippen molar-refractivity contribution in [1.29, 1.82) is 0 Å². The maximum absolute atomic E-state index is 12.2. The molecule has 0 aliphatic heterocycles. The Bertz CT molecular complexity index is 1280.